The smallest absolute Gasteiger partial charge is 0.205 e. The summed E-state index contributed by atoms with van der Waals surface area (Å²) in [6.07, 6.45) is 3.80. The van der Waals surface area contributed by atoms with Gasteiger partial charge >= 0.3 is 0 Å². The number of allylic oxidation sites excluding steroid dienone is 3. The normalized spacial score (nSPS) is 60.5. The Hall–Kier alpha value is -1.30. The summed E-state index contributed by atoms with van der Waals surface area (Å²) < 4.78 is 5.87. The molecule has 6 fully saturated rings. The van der Waals surface area contributed by atoms with E-state index in [1.165, 1.54) is 0 Å². The minimum absolute atomic E-state index is 0.0409. The van der Waals surface area contributed by atoms with Gasteiger partial charge in [-0.3, -0.25) is 9.59 Å². The fraction of sp³-hybridized carbons (Fsp3) is 0.714. The first-order valence-corrected chi connectivity index (χ1v) is 9.67. The van der Waals surface area contributed by atoms with Crippen molar-refractivity contribution in [1.29, 1.82) is 0 Å². The number of ether oxygens (including phenoxy) is 1. The van der Waals surface area contributed by atoms with Crippen molar-refractivity contribution < 1.29 is 24.5 Å². The second kappa shape index (κ2) is 3.94. The number of Topliss-reactive ketones (excluding diaryl/α,β-unsaturated/α-hetero) is 1. The van der Waals surface area contributed by atoms with Gasteiger partial charge in [0.1, 0.15) is 6.10 Å². The second-order valence-corrected chi connectivity index (χ2v) is 10.0. The van der Waals surface area contributed by atoms with E-state index in [1.807, 2.05) is 19.9 Å². The Morgan fingerprint density at radius 1 is 1.27 bits per heavy atom. The van der Waals surface area contributed by atoms with E-state index >= 15 is 0 Å². The molecule has 0 aromatic carbocycles. The molecular weight excluding hydrogens is 332 g/mol. The molecule has 26 heavy (non-hydrogen) atoms. The summed E-state index contributed by atoms with van der Waals surface area (Å²) in [7, 11) is 0. The molecule has 7 rings (SSSR count). The van der Waals surface area contributed by atoms with Crippen LogP contribution in [0, 0.1) is 45.8 Å². The van der Waals surface area contributed by atoms with Crippen LogP contribution in [0.25, 0.3) is 0 Å². The number of hydrogen-bond acceptors (Lipinski definition) is 5. The van der Waals surface area contributed by atoms with E-state index in [0.717, 1.165) is 12.0 Å². The molecule has 138 valence electrons. The van der Waals surface area contributed by atoms with Gasteiger partial charge in [0.15, 0.2) is 11.6 Å². The van der Waals surface area contributed by atoms with Gasteiger partial charge in [0.25, 0.3) is 0 Å². The third-order valence-corrected chi connectivity index (χ3v) is 9.14. The molecule has 1 unspecified atom stereocenters. The monoisotopic (exact) mass is 356 g/mol. The Balaban J connectivity index is 1.64. The van der Waals surface area contributed by atoms with Crippen LogP contribution < -0.4 is 0 Å². The summed E-state index contributed by atoms with van der Waals surface area (Å²) in [6, 6.07) is 0. The lowest BCUT2D eigenvalue weighted by Gasteiger charge is -2.81. The molecular formula is C21H24O5. The highest BCUT2D eigenvalue weighted by molar-refractivity contribution is 6.04. The zero-order valence-electron chi connectivity index (χ0n) is 15.1. The highest BCUT2D eigenvalue weighted by Gasteiger charge is 2.91. The first-order chi connectivity index (χ1) is 12.2. The molecule has 0 radical (unpaired) electrons. The number of carbonyl (C=O) groups excluding carboxylic acids is 2. The number of fused-ring (bicyclic) bond motifs is 1. The molecule has 2 spiro atoms. The fourth-order valence-corrected chi connectivity index (χ4v) is 8.32. The van der Waals surface area contributed by atoms with E-state index in [9.17, 15) is 19.8 Å². The van der Waals surface area contributed by atoms with Crippen molar-refractivity contribution in [1.82, 2.24) is 0 Å². The van der Waals surface area contributed by atoms with Crippen LogP contribution in [-0.4, -0.2) is 40.3 Å². The first kappa shape index (κ1) is 15.7. The van der Waals surface area contributed by atoms with E-state index in [2.05, 4.69) is 6.58 Å². The molecule has 7 aliphatic rings. The molecule has 2 heterocycles. The Bertz CT molecular complexity index is 841. The lowest BCUT2D eigenvalue weighted by molar-refractivity contribution is -0.452. The van der Waals surface area contributed by atoms with Crippen LogP contribution in [-0.2, 0) is 14.3 Å². The molecule has 2 bridgehead atoms. The Morgan fingerprint density at radius 2 is 2.00 bits per heavy atom. The zero-order chi connectivity index (χ0) is 18.4. The van der Waals surface area contributed by atoms with Gasteiger partial charge < -0.3 is 14.9 Å². The maximum Gasteiger partial charge on any atom is 0.205 e. The van der Waals surface area contributed by atoms with Gasteiger partial charge in [-0.2, -0.15) is 0 Å². The van der Waals surface area contributed by atoms with Crippen molar-refractivity contribution in [2.24, 2.45) is 45.8 Å². The summed E-state index contributed by atoms with van der Waals surface area (Å²) in [6.45, 7) is 8.15. The third kappa shape index (κ3) is 1.12. The second-order valence-electron chi connectivity index (χ2n) is 10.0. The van der Waals surface area contributed by atoms with Crippen LogP contribution >= 0.6 is 0 Å². The van der Waals surface area contributed by atoms with Gasteiger partial charge in [-0.1, -0.05) is 32.1 Å². The maximum absolute atomic E-state index is 13.3. The number of aliphatic hydroxyl groups is 2. The molecule has 2 aliphatic heterocycles. The summed E-state index contributed by atoms with van der Waals surface area (Å²) in [4.78, 5) is 26.6. The maximum atomic E-state index is 13.3. The van der Waals surface area contributed by atoms with E-state index < -0.39 is 34.1 Å². The summed E-state index contributed by atoms with van der Waals surface area (Å²) in [5.74, 6) is -2.80. The van der Waals surface area contributed by atoms with Gasteiger partial charge in [0.05, 0.1) is 17.4 Å². The van der Waals surface area contributed by atoms with Crippen molar-refractivity contribution in [3.8, 4) is 0 Å². The third-order valence-electron chi connectivity index (χ3n) is 9.14. The van der Waals surface area contributed by atoms with E-state index in [0.29, 0.717) is 6.42 Å². The van der Waals surface area contributed by atoms with E-state index in [-0.39, 0.29) is 41.8 Å². The Kier molecular flexibility index (Phi) is 2.38. The number of aliphatic hydroxyl groups excluding tert-OH is 1. The molecule has 5 heteroatoms. The lowest BCUT2D eigenvalue weighted by atomic mass is 9.23. The molecule has 5 nitrogen and oxygen atoms in total. The topological polar surface area (TPSA) is 83.8 Å². The van der Waals surface area contributed by atoms with Crippen LogP contribution in [0.3, 0.4) is 0 Å². The van der Waals surface area contributed by atoms with Crippen molar-refractivity contribution in [3.05, 3.63) is 24.3 Å². The summed E-state index contributed by atoms with van der Waals surface area (Å²) in [5, 5.41) is 23.0. The van der Waals surface area contributed by atoms with Crippen LogP contribution in [0.5, 0.6) is 0 Å². The van der Waals surface area contributed by atoms with Gasteiger partial charge in [-0.25, -0.2) is 0 Å². The molecule has 0 aromatic rings. The average Bonchev–Trinajstić information content (AvgIpc) is 2.58. The standard InChI is InChI=1S/C21H24O5/c1-9-10-4-5-11-19-8-26-21(25,20(11)14(10)13(9)16(20)23)17(24)15(19)18(2,3)7-6-12(19)22/h6-7,10-11,13-15,17,24-25H,1,4-5,8H2,2-3H3/t10-,11-,13?,14-,15+,17-,19+,20+,21+/m0/s1. The van der Waals surface area contributed by atoms with Crippen LogP contribution in [0.4, 0.5) is 0 Å². The molecule has 9 atom stereocenters. The highest BCUT2D eigenvalue weighted by atomic mass is 16.6. The van der Waals surface area contributed by atoms with Crippen molar-refractivity contribution in [2.75, 3.05) is 6.61 Å². The lowest BCUT2D eigenvalue weighted by Crippen LogP contribution is -2.91. The van der Waals surface area contributed by atoms with Crippen molar-refractivity contribution in [2.45, 2.75) is 38.6 Å². The molecule has 0 amide bonds. The zero-order valence-corrected chi connectivity index (χ0v) is 15.1. The fourth-order valence-electron chi connectivity index (χ4n) is 8.32. The van der Waals surface area contributed by atoms with E-state index in [1.54, 1.807) is 6.08 Å². The quantitative estimate of drug-likeness (QED) is 0.638. The molecule has 0 aromatic heterocycles. The minimum Gasteiger partial charge on any atom is -0.387 e. The predicted molar refractivity (Wildman–Crippen MR) is 90.5 cm³/mol. The number of hydrogen-bond donors (Lipinski definition) is 2. The van der Waals surface area contributed by atoms with E-state index in [4.69, 9.17) is 4.74 Å². The van der Waals surface area contributed by atoms with Crippen LogP contribution in [0.15, 0.2) is 24.3 Å². The van der Waals surface area contributed by atoms with Crippen molar-refractivity contribution >= 4 is 11.6 Å². The van der Waals surface area contributed by atoms with Crippen LogP contribution in [0.1, 0.15) is 26.7 Å². The Morgan fingerprint density at radius 3 is 2.73 bits per heavy atom. The molecule has 4 saturated carbocycles. The van der Waals surface area contributed by atoms with Crippen molar-refractivity contribution in [3.63, 3.8) is 0 Å². The molecule has 2 N–H and O–H groups in total. The SMILES string of the molecule is C=C1C2C(=O)[C@]34[C@H]2[C@H]1CC[C@H]3[C@@]12CO[C@]4(O)[C@@H](O)[C@@H]1C(C)(C)C=CC2=O. The average molecular weight is 356 g/mol. The minimum atomic E-state index is -1.90. The van der Waals surface area contributed by atoms with Gasteiger partial charge in [0.2, 0.25) is 5.79 Å². The molecule has 5 aliphatic carbocycles. The molecule has 2 saturated heterocycles. The number of ketones is 2. The summed E-state index contributed by atoms with van der Waals surface area (Å²) in [5.41, 5.74) is -1.57. The van der Waals surface area contributed by atoms with Gasteiger partial charge in [-0.05, 0) is 42.1 Å². The number of carbonyl (C=O) groups is 2. The number of rotatable bonds is 0. The first-order valence-electron chi connectivity index (χ1n) is 9.67. The highest BCUT2D eigenvalue weighted by Crippen LogP contribution is 2.82. The van der Waals surface area contributed by atoms with Gasteiger partial charge in [0, 0.05) is 11.8 Å². The predicted octanol–water partition coefficient (Wildman–Crippen LogP) is 1.24. The van der Waals surface area contributed by atoms with Crippen LogP contribution in [0.2, 0.25) is 0 Å². The largest absolute Gasteiger partial charge is 0.387 e. The summed E-state index contributed by atoms with van der Waals surface area (Å²) >= 11 is 0. The Labute approximate surface area is 152 Å². The van der Waals surface area contributed by atoms with Gasteiger partial charge in [-0.15, -0.1) is 0 Å².